The molecular formula is C19H16F3N5O3. The minimum Gasteiger partial charge on any atom is -0.461 e. The monoisotopic (exact) mass is 419 g/mol. The van der Waals surface area contributed by atoms with Gasteiger partial charge in [-0.05, 0) is 26.0 Å². The first-order valence-corrected chi connectivity index (χ1v) is 8.92. The van der Waals surface area contributed by atoms with Crippen molar-refractivity contribution in [2.24, 2.45) is 7.05 Å². The molecule has 0 amide bonds. The third-order valence-electron chi connectivity index (χ3n) is 4.63. The fourth-order valence-electron chi connectivity index (χ4n) is 3.14. The van der Waals surface area contributed by atoms with Crippen LogP contribution in [0, 0.1) is 6.92 Å². The van der Waals surface area contributed by atoms with E-state index in [1.165, 1.54) is 28.7 Å². The zero-order valence-corrected chi connectivity index (χ0v) is 16.2. The summed E-state index contributed by atoms with van der Waals surface area (Å²) in [6.07, 6.45) is -0.522. The molecule has 4 rings (SSSR count). The van der Waals surface area contributed by atoms with Crippen molar-refractivity contribution in [3.63, 3.8) is 0 Å². The Morgan fingerprint density at radius 1 is 1.33 bits per heavy atom. The first kappa shape index (κ1) is 19.7. The van der Waals surface area contributed by atoms with Gasteiger partial charge in [0.25, 0.3) is 0 Å². The molecule has 0 N–H and O–H groups in total. The predicted octanol–water partition coefficient (Wildman–Crippen LogP) is 3.89. The number of rotatable bonds is 4. The van der Waals surface area contributed by atoms with E-state index in [-0.39, 0.29) is 29.3 Å². The minimum atomic E-state index is -4.62. The molecule has 0 bridgehead atoms. The standard InChI is InChI=1S/C19H16F3N5O3/c1-4-29-18(28)13-9-30-17(24-13)11-5-6-27-14(7-11)12(8-23-27)15-10(2)26(3)25-16(15)19(20,21)22/h5-9H,4H2,1-3H3. The molecule has 0 aliphatic rings. The first-order valence-electron chi connectivity index (χ1n) is 8.92. The molecule has 11 heteroatoms. The number of ether oxygens (including phenoxy) is 1. The molecule has 4 aromatic rings. The van der Waals surface area contributed by atoms with Gasteiger partial charge in [0.1, 0.15) is 6.26 Å². The molecule has 4 heterocycles. The van der Waals surface area contributed by atoms with E-state index in [0.29, 0.717) is 16.8 Å². The Bertz CT molecular complexity index is 1250. The van der Waals surface area contributed by atoms with E-state index < -0.39 is 17.8 Å². The molecule has 0 aromatic carbocycles. The summed E-state index contributed by atoms with van der Waals surface area (Å²) in [5.74, 6) is -0.494. The van der Waals surface area contributed by atoms with Crippen LogP contribution in [0.25, 0.3) is 28.1 Å². The van der Waals surface area contributed by atoms with Crippen LogP contribution in [0.3, 0.4) is 0 Å². The lowest BCUT2D eigenvalue weighted by atomic mass is 10.0. The summed E-state index contributed by atoms with van der Waals surface area (Å²) in [5, 5.41) is 7.79. The van der Waals surface area contributed by atoms with Gasteiger partial charge in [-0.1, -0.05) is 0 Å². The largest absolute Gasteiger partial charge is 0.461 e. The third kappa shape index (κ3) is 3.21. The molecule has 8 nitrogen and oxygen atoms in total. The second-order valence-electron chi connectivity index (χ2n) is 6.49. The molecule has 0 aliphatic carbocycles. The van der Waals surface area contributed by atoms with Crippen LogP contribution in [-0.4, -0.2) is 37.0 Å². The van der Waals surface area contributed by atoms with E-state index in [4.69, 9.17) is 9.15 Å². The average molecular weight is 419 g/mol. The predicted molar refractivity (Wildman–Crippen MR) is 98.6 cm³/mol. The van der Waals surface area contributed by atoms with Crippen LogP contribution in [0.5, 0.6) is 0 Å². The van der Waals surface area contributed by atoms with Gasteiger partial charge in [-0.3, -0.25) is 4.68 Å². The molecule has 0 saturated carbocycles. The summed E-state index contributed by atoms with van der Waals surface area (Å²) in [5.41, 5.74) is 0.471. The van der Waals surface area contributed by atoms with Crippen molar-refractivity contribution in [2.75, 3.05) is 6.61 Å². The Morgan fingerprint density at radius 3 is 2.80 bits per heavy atom. The van der Waals surface area contributed by atoms with Crippen LogP contribution < -0.4 is 0 Å². The van der Waals surface area contributed by atoms with Crippen molar-refractivity contribution in [2.45, 2.75) is 20.0 Å². The maximum absolute atomic E-state index is 13.5. The zero-order valence-electron chi connectivity index (χ0n) is 16.2. The summed E-state index contributed by atoms with van der Waals surface area (Å²) < 4.78 is 53.5. The fourth-order valence-corrected chi connectivity index (χ4v) is 3.14. The van der Waals surface area contributed by atoms with Gasteiger partial charge >= 0.3 is 12.1 Å². The third-order valence-corrected chi connectivity index (χ3v) is 4.63. The van der Waals surface area contributed by atoms with E-state index in [1.807, 2.05) is 0 Å². The molecule has 0 atom stereocenters. The van der Waals surface area contributed by atoms with E-state index in [9.17, 15) is 18.0 Å². The lowest BCUT2D eigenvalue weighted by Crippen LogP contribution is -2.08. The molecule has 0 saturated heterocycles. The number of carbonyl (C=O) groups excluding carboxylic acids is 1. The Kier molecular flexibility index (Phi) is 4.60. The van der Waals surface area contributed by atoms with Gasteiger partial charge in [0, 0.05) is 35.6 Å². The number of aryl methyl sites for hydroxylation is 1. The van der Waals surface area contributed by atoms with Crippen molar-refractivity contribution in [3.8, 4) is 22.6 Å². The SMILES string of the molecule is CCOC(=O)c1coc(-c2ccn3ncc(-c4c(C(F)(F)F)nn(C)c4C)c3c2)n1. The second-order valence-corrected chi connectivity index (χ2v) is 6.49. The number of pyridine rings is 1. The Morgan fingerprint density at radius 2 is 2.10 bits per heavy atom. The van der Waals surface area contributed by atoms with Gasteiger partial charge in [0.15, 0.2) is 11.4 Å². The van der Waals surface area contributed by atoms with Gasteiger partial charge in [0.2, 0.25) is 5.89 Å². The van der Waals surface area contributed by atoms with Crippen LogP contribution in [0.1, 0.15) is 28.8 Å². The second kappa shape index (κ2) is 7.01. The van der Waals surface area contributed by atoms with Crippen LogP contribution in [0.2, 0.25) is 0 Å². The smallest absolute Gasteiger partial charge is 0.435 e. The molecular weight excluding hydrogens is 403 g/mol. The van der Waals surface area contributed by atoms with Crippen LogP contribution in [-0.2, 0) is 18.0 Å². The number of alkyl halides is 3. The van der Waals surface area contributed by atoms with Gasteiger partial charge in [-0.2, -0.15) is 23.4 Å². The summed E-state index contributed by atoms with van der Waals surface area (Å²) in [7, 11) is 1.45. The number of halogens is 3. The van der Waals surface area contributed by atoms with Crippen molar-refractivity contribution < 1.29 is 27.1 Å². The number of aromatic nitrogens is 5. The highest BCUT2D eigenvalue weighted by atomic mass is 19.4. The van der Waals surface area contributed by atoms with Gasteiger partial charge < -0.3 is 9.15 Å². The Hall–Kier alpha value is -3.63. The summed E-state index contributed by atoms with van der Waals surface area (Å²) in [4.78, 5) is 15.9. The van der Waals surface area contributed by atoms with Crippen molar-refractivity contribution in [1.29, 1.82) is 0 Å². The van der Waals surface area contributed by atoms with E-state index in [2.05, 4.69) is 15.2 Å². The highest BCUT2D eigenvalue weighted by Gasteiger charge is 2.39. The minimum absolute atomic E-state index is 0.00270. The Labute approximate surface area is 167 Å². The van der Waals surface area contributed by atoms with Crippen LogP contribution in [0.4, 0.5) is 13.2 Å². The number of fused-ring (bicyclic) bond motifs is 1. The molecule has 0 fully saturated rings. The number of hydrogen-bond donors (Lipinski definition) is 0. The number of oxazole rings is 1. The molecule has 30 heavy (non-hydrogen) atoms. The highest BCUT2D eigenvalue weighted by molar-refractivity contribution is 5.88. The molecule has 0 aliphatic heterocycles. The summed E-state index contributed by atoms with van der Waals surface area (Å²) in [6, 6.07) is 3.22. The van der Waals surface area contributed by atoms with Crippen molar-refractivity contribution in [3.05, 3.63) is 47.9 Å². The van der Waals surface area contributed by atoms with Crippen LogP contribution in [0.15, 0.2) is 35.2 Å². The maximum atomic E-state index is 13.5. The lowest BCUT2D eigenvalue weighted by molar-refractivity contribution is -0.140. The van der Waals surface area contributed by atoms with Gasteiger partial charge in [-0.15, -0.1) is 0 Å². The molecule has 0 unspecified atom stereocenters. The van der Waals surface area contributed by atoms with Crippen LogP contribution >= 0.6 is 0 Å². The quantitative estimate of drug-likeness (QED) is 0.467. The molecule has 0 spiro atoms. The summed E-state index contributed by atoms with van der Waals surface area (Å²) in [6.45, 7) is 3.42. The number of nitrogens with zero attached hydrogens (tertiary/aromatic N) is 5. The topological polar surface area (TPSA) is 87.5 Å². The number of hydrogen-bond acceptors (Lipinski definition) is 6. The molecule has 156 valence electrons. The van der Waals surface area contributed by atoms with Crippen molar-refractivity contribution >= 4 is 11.5 Å². The average Bonchev–Trinajstić information content (AvgIpc) is 3.39. The number of esters is 1. The zero-order chi connectivity index (χ0) is 21.6. The van der Waals surface area contributed by atoms with Gasteiger partial charge in [0.05, 0.1) is 18.3 Å². The Balaban J connectivity index is 1.84. The van der Waals surface area contributed by atoms with Crippen molar-refractivity contribution in [1.82, 2.24) is 24.4 Å². The summed E-state index contributed by atoms with van der Waals surface area (Å²) >= 11 is 0. The lowest BCUT2D eigenvalue weighted by Gasteiger charge is -2.06. The first-order chi connectivity index (χ1) is 14.2. The van der Waals surface area contributed by atoms with E-state index in [1.54, 1.807) is 32.2 Å². The fraction of sp³-hybridized carbons (Fsp3) is 0.263. The highest BCUT2D eigenvalue weighted by Crippen LogP contribution is 2.40. The maximum Gasteiger partial charge on any atom is 0.435 e. The van der Waals surface area contributed by atoms with Gasteiger partial charge in [-0.25, -0.2) is 14.3 Å². The molecule has 4 aromatic heterocycles. The normalized spacial score (nSPS) is 11.9. The number of carbonyl (C=O) groups is 1. The van der Waals surface area contributed by atoms with E-state index in [0.717, 1.165) is 0 Å². The molecule has 0 radical (unpaired) electrons. The van der Waals surface area contributed by atoms with E-state index >= 15 is 0 Å².